The molecule has 1 saturated heterocycles. The molecule has 0 saturated carbocycles. The molecule has 2 N–H and O–H groups in total. The van der Waals surface area contributed by atoms with Crippen LogP contribution < -0.4 is 0 Å². The first-order valence-electron chi connectivity index (χ1n) is 13.2. The van der Waals surface area contributed by atoms with Gasteiger partial charge in [0.15, 0.2) is 0 Å². The van der Waals surface area contributed by atoms with Crippen molar-refractivity contribution in [2.45, 2.75) is 26.2 Å². The zero-order chi connectivity index (χ0) is 25.9. The lowest BCUT2D eigenvalue weighted by molar-refractivity contribution is 0.248. The molecule has 5 aromatic rings. The summed E-state index contributed by atoms with van der Waals surface area (Å²) in [5.74, 6) is 0. The van der Waals surface area contributed by atoms with E-state index in [9.17, 15) is 0 Å². The van der Waals surface area contributed by atoms with Crippen molar-refractivity contribution in [3.63, 3.8) is 0 Å². The third kappa shape index (κ3) is 4.68. The molecule has 6 heterocycles. The number of aromatic nitrogens is 6. The first-order chi connectivity index (χ1) is 18.7. The topological polar surface area (TPSA) is 86.4 Å². The molecule has 0 bridgehead atoms. The third-order valence-corrected chi connectivity index (χ3v) is 7.21. The van der Waals surface area contributed by atoms with Gasteiger partial charge in [0.05, 0.1) is 22.6 Å². The van der Waals surface area contributed by atoms with Crippen LogP contribution in [0.1, 0.15) is 31.9 Å². The van der Waals surface area contributed by atoms with Crippen molar-refractivity contribution < 1.29 is 0 Å². The first-order valence-corrected chi connectivity index (χ1v) is 13.2. The lowest BCUT2D eigenvalue weighted by Crippen LogP contribution is -2.31. The van der Waals surface area contributed by atoms with Gasteiger partial charge in [0.25, 0.3) is 0 Å². The van der Waals surface area contributed by atoms with Gasteiger partial charge in [-0.1, -0.05) is 25.2 Å². The minimum Gasteiger partial charge on any atom is -0.353 e. The number of hydrogen-bond donors (Lipinski definition) is 2. The summed E-state index contributed by atoms with van der Waals surface area (Å²) in [6.07, 6.45) is 15.6. The quantitative estimate of drug-likeness (QED) is 0.247. The van der Waals surface area contributed by atoms with Gasteiger partial charge in [-0.15, -0.1) is 0 Å². The molecular formula is C31H31N7. The molecule has 7 heteroatoms. The average Bonchev–Trinajstić information content (AvgIpc) is 3.60. The number of aromatic amines is 2. The smallest absolute Gasteiger partial charge is 0.135 e. The van der Waals surface area contributed by atoms with Crippen LogP contribution in [0.5, 0.6) is 0 Å². The van der Waals surface area contributed by atoms with E-state index in [1.165, 1.54) is 24.8 Å². The van der Waals surface area contributed by atoms with E-state index in [0.717, 1.165) is 75.5 Å². The molecule has 1 aliphatic heterocycles. The molecule has 6 rings (SSSR count). The van der Waals surface area contributed by atoms with Crippen molar-refractivity contribution in [3.05, 3.63) is 91.1 Å². The highest BCUT2D eigenvalue weighted by Gasteiger charge is 2.17. The van der Waals surface area contributed by atoms with Crippen molar-refractivity contribution in [1.82, 2.24) is 35.0 Å². The SMILES string of the molecule is C=C/C(=C\C(=C/C)c1ccc2[nH]nc(-c3cc4c(-c5cccnc5)nccc4[nH]3)c2n1)CN1CCCCC1. The number of likely N-dealkylation sites (tertiary alicyclic amines) is 1. The summed E-state index contributed by atoms with van der Waals surface area (Å²) in [6, 6.07) is 12.1. The first kappa shape index (κ1) is 24.0. The van der Waals surface area contributed by atoms with Crippen molar-refractivity contribution in [2.24, 2.45) is 0 Å². The highest BCUT2D eigenvalue weighted by molar-refractivity contribution is 5.99. The fraction of sp³-hybridized carbons (Fsp3) is 0.226. The summed E-state index contributed by atoms with van der Waals surface area (Å²) in [4.78, 5) is 20.0. The Labute approximate surface area is 222 Å². The fourth-order valence-electron chi connectivity index (χ4n) is 5.21. The van der Waals surface area contributed by atoms with Gasteiger partial charge >= 0.3 is 0 Å². The van der Waals surface area contributed by atoms with Crippen LogP contribution >= 0.6 is 0 Å². The maximum Gasteiger partial charge on any atom is 0.135 e. The second-order valence-corrected chi connectivity index (χ2v) is 9.71. The lowest BCUT2D eigenvalue weighted by atomic mass is 10.0. The number of H-pyrrole nitrogens is 2. The van der Waals surface area contributed by atoms with E-state index in [0.29, 0.717) is 0 Å². The van der Waals surface area contributed by atoms with Crippen LogP contribution in [-0.4, -0.2) is 54.7 Å². The molecule has 0 aliphatic carbocycles. The summed E-state index contributed by atoms with van der Waals surface area (Å²) >= 11 is 0. The van der Waals surface area contributed by atoms with Gasteiger partial charge in [0.2, 0.25) is 0 Å². The van der Waals surface area contributed by atoms with E-state index < -0.39 is 0 Å². The molecular weight excluding hydrogens is 470 g/mol. The number of hydrogen-bond acceptors (Lipinski definition) is 5. The molecule has 1 aliphatic rings. The van der Waals surface area contributed by atoms with Crippen LogP contribution in [-0.2, 0) is 0 Å². The minimum absolute atomic E-state index is 0.784. The molecule has 1 fully saturated rings. The van der Waals surface area contributed by atoms with Crippen LogP contribution in [0, 0.1) is 0 Å². The van der Waals surface area contributed by atoms with E-state index in [4.69, 9.17) is 4.98 Å². The predicted molar refractivity (Wildman–Crippen MR) is 154 cm³/mol. The second-order valence-electron chi connectivity index (χ2n) is 9.71. The number of nitrogens with one attached hydrogen (secondary N) is 2. The Bertz CT molecular complexity index is 1650. The predicted octanol–water partition coefficient (Wildman–Crippen LogP) is 6.56. The summed E-state index contributed by atoms with van der Waals surface area (Å²) in [5.41, 5.74) is 9.45. The van der Waals surface area contributed by atoms with Gasteiger partial charge in [-0.2, -0.15) is 5.10 Å². The minimum atomic E-state index is 0.784. The Morgan fingerprint density at radius 1 is 1.05 bits per heavy atom. The highest BCUT2D eigenvalue weighted by atomic mass is 15.1. The molecule has 0 amide bonds. The molecule has 0 aromatic carbocycles. The highest BCUT2D eigenvalue weighted by Crippen LogP contribution is 2.32. The molecule has 0 unspecified atom stereocenters. The second kappa shape index (κ2) is 10.6. The summed E-state index contributed by atoms with van der Waals surface area (Å²) in [7, 11) is 0. The van der Waals surface area contributed by atoms with E-state index >= 15 is 0 Å². The number of allylic oxidation sites excluding steroid dienone is 3. The average molecular weight is 502 g/mol. The van der Waals surface area contributed by atoms with Gasteiger partial charge < -0.3 is 4.98 Å². The van der Waals surface area contributed by atoms with Crippen molar-refractivity contribution in [2.75, 3.05) is 19.6 Å². The van der Waals surface area contributed by atoms with E-state index in [1.807, 2.05) is 42.7 Å². The summed E-state index contributed by atoms with van der Waals surface area (Å²) in [5, 5.41) is 8.81. The molecule has 5 aromatic heterocycles. The number of pyridine rings is 3. The normalized spacial score (nSPS) is 15.4. The number of fused-ring (bicyclic) bond motifs is 2. The van der Waals surface area contributed by atoms with Gasteiger partial charge in [-0.25, -0.2) is 4.98 Å². The Balaban J connectivity index is 1.36. The third-order valence-electron chi connectivity index (χ3n) is 7.21. The number of piperidine rings is 1. The van der Waals surface area contributed by atoms with E-state index in [-0.39, 0.29) is 0 Å². The Morgan fingerprint density at radius 3 is 2.74 bits per heavy atom. The van der Waals surface area contributed by atoms with Gasteiger partial charge in [-0.3, -0.25) is 20.0 Å². The maximum atomic E-state index is 5.07. The van der Waals surface area contributed by atoms with Crippen LogP contribution in [0.25, 0.3) is 50.2 Å². The Morgan fingerprint density at radius 2 is 1.95 bits per heavy atom. The van der Waals surface area contributed by atoms with Gasteiger partial charge in [0.1, 0.15) is 11.2 Å². The van der Waals surface area contributed by atoms with Crippen LogP contribution in [0.4, 0.5) is 0 Å². The Hall–Kier alpha value is -4.36. The molecule has 190 valence electrons. The molecule has 0 radical (unpaired) electrons. The molecule has 38 heavy (non-hydrogen) atoms. The number of rotatable bonds is 7. The largest absolute Gasteiger partial charge is 0.353 e. The molecule has 7 nitrogen and oxygen atoms in total. The summed E-state index contributed by atoms with van der Waals surface area (Å²) in [6.45, 7) is 9.37. The van der Waals surface area contributed by atoms with Crippen LogP contribution in [0.15, 0.2) is 85.4 Å². The van der Waals surface area contributed by atoms with E-state index in [1.54, 1.807) is 6.20 Å². The molecule has 0 atom stereocenters. The lowest BCUT2D eigenvalue weighted by Gasteiger charge is -2.26. The van der Waals surface area contributed by atoms with Gasteiger partial charge in [0, 0.05) is 41.6 Å². The van der Waals surface area contributed by atoms with Crippen LogP contribution in [0.3, 0.4) is 0 Å². The van der Waals surface area contributed by atoms with E-state index in [2.05, 4.69) is 67.8 Å². The number of nitrogens with zero attached hydrogens (tertiary/aromatic N) is 5. The van der Waals surface area contributed by atoms with Gasteiger partial charge in [-0.05, 0) is 86.5 Å². The van der Waals surface area contributed by atoms with Crippen molar-refractivity contribution in [3.8, 4) is 22.6 Å². The van der Waals surface area contributed by atoms with Crippen molar-refractivity contribution in [1.29, 1.82) is 0 Å². The standard InChI is InChI=1S/C31H31N7/c1-3-21(20-38-15-6-5-7-16-38)17-22(4-2)25-10-11-27-30(35-25)31(37-36-27)28-18-24-26(34-28)12-14-33-29(24)23-9-8-13-32-19-23/h3-4,8-14,17-19,34H,1,5-7,15-16,20H2,2H3,(H,36,37)/b21-17+,22-4+. The molecule has 0 spiro atoms. The van der Waals surface area contributed by atoms with Crippen molar-refractivity contribution >= 4 is 27.5 Å². The fourth-order valence-corrected chi connectivity index (χ4v) is 5.21. The maximum absolute atomic E-state index is 5.07. The van der Waals surface area contributed by atoms with Crippen LogP contribution in [0.2, 0.25) is 0 Å². The Kier molecular flexibility index (Phi) is 6.67. The zero-order valence-corrected chi connectivity index (χ0v) is 21.6. The monoisotopic (exact) mass is 501 g/mol. The zero-order valence-electron chi connectivity index (χ0n) is 21.6. The summed E-state index contributed by atoms with van der Waals surface area (Å²) < 4.78 is 0.